The van der Waals surface area contributed by atoms with Gasteiger partial charge in [-0.05, 0) is 42.8 Å². The van der Waals surface area contributed by atoms with Crippen molar-refractivity contribution < 1.29 is 8.42 Å². The third-order valence-electron chi connectivity index (χ3n) is 3.96. The molecule has 20 heavy (non-hydrogen) atoms. The first-order valence-electron chi connectivity index (χ1n) is 6.70. The molecule has 0 aliphatic carbocycles. The fourth-order valence-electron chi connectivity index (χ4n) is 2.68. The van der Waals surface area contributed by atoms with Gasteiger partial charge in [-0.1, -0.05) is 36.4 Å². The van der Waals surface area contributed by atoms with E-state index in [1.807, 2.05) is 26.1 Å². The van der Waals surface area contributed by atoms with E-state index in [0.717, 1.165) is 21.9 Å². The predicted octanol–water partition coefficient (Wildman–Crippen LogP) is 2.84. The van der Waals surface area contributed by atoms with Crippen LogP contribution in [0.3, 0.4) is 0 Å². The predicted molar refractivity (Wildman–Crippen MR) is 84.8 cm³/mol. The summed E-state index contributed by atoms with van der Waals surface area (Å²) >= 11 is 0. The van der Waals surface area contributed by atoms with Crippen LogP contribution in [-0.4, -0.2) is 27.0 Å². The van der Waals surface area contributed by atoms with Crippen molar-refractivity contribution in [2.45, 2.75) is 25.1 Å². The number of sulfone groups is 1. The number of rotatable bonds is 4. The zero-order chi connectivity index (χ0) is 14.9. The molecule has 0 amide bonds. The molecule has 3 nitrogen and oxygen atoms in total. The third kappa shape index (κ3) is 2.72. The average molecular weight is 291 g/mol. The molecule has 0 bridgehead atoms. The van der Waals surface area contributed by atoms with Crippen LogP contribution in [0.5, 0.6) is 0 Å². The number of aryl methyl sites for hydroxylation is 1. The monoisotopic (exact) mass is 291 g/mol. The summed E-state index contributed by atoms with van der Waals surface area (Å²) in [6.07, 6.45) is 1.29. The van der Waals surface area contributed by atoms with Crippen LogP contribution in [0.25, 0.3) is 10.8 Å². The standard InChI is InChI=1S/C16H21NO2S/c1-11-9-10-13-7-5-6-8-14(13)15(11)16(17-3)12(2)20(4,18)19/h5-10,12,16-17H,1-4H3. The van der Waals surface area contributed by atoms with E-state index in [9.17, 15) is 8.42 Å². The smallest absolute Gasteiger partial charge is 0.151 e. The lowest BCUT2D eigenvalue weighted by molar-refractivity contribution is 0.535. The highest BCUT2D eigenvalue weighted by molar-refractivity contribution is 7.91. The Balaban J connectivity index is 2.69. The second-order valence-electron chi connectivity index (χ2n) is 5.32. The molecule has 0 aliphatic rings. The van der Waals surface area contributed by atoms with Crippen molar-refractivity contribution in [3.63, 3.8) is 0 Å². The fourth-order valence-corrected chi connectivity index (χ4v) is 3.44. The summed E-state index contributed by atoms with van der Waals surface area (Å²) in [6, 6.07) is 12.0. The van der Waals surface area contributed by atoms with Gasteiger partial charge in [0.1, 0.15) is 0 Å². The zero-order valence-corrected chi connectivity index (χ0v) is 13.2. The Kier molecular flexibility index (Phi) is 4.16. The number of hydrogen-bond donors (Lipinski definition) is 1. The van der Waals surface area contributed by atoms with Crippen LogP contribution in [0.2, 0.25) is 0 Å². The van der Waals surface area contributed by atoms with E-state index < -0.39 is 15.1 Å². The van der Waals surface area contributed by atoms with Crippen molar-refractivity contribution in [2.75, 3.05) is 13.3 Å². The number of benzene rings is 2. The molecule has 2 rings (SSSR count). The van der Waals surface area contributed by atoms with Crippen LogP contribution in [0.15, 0.2) is 36.4 Å². The Morgan fingerprint density at radius 1 is 1.10 bits per heavy atom. The molecule has 1 N–H and O–H groups in total. The summed E-state index contributed by atoms with van der Waals surface area (Å²) in [5.74, 6) is 0. The average Bonchev–Trinajstić information content (AvgIpc) is 2.40. The lowest BCUT2D eigenvalue weighted by Gasteiger charge is -2.25. The van der Waals surface area contributed by atoms with Gasteiger partial charge in [0.15, 0.2) is 9.84 Å². The zero-order valence-electron chi connectivity index (χ0n) is 12.3. The first kappa shape index (κ1) is 15.0. The van der Waals surface area contributed by atoms with E-state index in [4.69, 9.17) is 0 Å². The van der Waals surface area contributed by atoms with Crippen LogP contribution in [0.4, 0.5) is 0 Å². The van der Waals surface area contributed by atoms with Crippen LogP contribution in [0.1, 0.15) is 24.1 Å². The Morgan fingerprint density at radius 3 is 2.35 bits per heavy atom. The van der Waals surface area contributed by atoms with Crippen LogP contribution < -0.4 is 5.32 Å². The molecule has 0 aromatic heterocycles. The van der Waals surface area contributed by atoms with Gasteiger partial charge in [0, 0.05) is 12.3 Å². The van der Waals surface area contributed by atoms with Gasteiger partial charge >= 0.3 is 0 Å². The molecule has 0 spiro atoms. The largest absolute Gasteiger partial charge is 0.312 e. The van der Waals surface area contributed by atoms with Gasteiger partial charge in [0.2, 0.25) is 0 Å². The summed E-state index contributed by atoms with van der Waals surface area (Å²) < 4.78 is 23.8. The summed E-state index contributed by atoms with van der Waals surface area (Å²) in [5, 5.41) is 4.95. The lowest BCUT2D eigenvalue weighted by Crippen LogP contribution is -2.33. The molecule has 2 unspecified atom stereocenters. The van der Waals surface area contributed by atoms with Gasteiger partial charge in [0.05, 0.1) is 5.25 Å². The Hall–Kier alpha value is -1.39. The lowest BCUT2D eigenvalue weighted by atomic mass is 9.93. The first-order valence-corrected chi connectivity index (χ1v) is 8.66. The SMILES string of the molecule is CNC(c1c(C)ccc2ccccc12)C(C)S(C)(=O)=O. The second kappa shape index (κ2) is 5.54. The van der Waals surface area contributed by atoms with Gasteiger partial charge in [-0.3, -0.25) is 0 Å². The fraction of sp³-hybridized carbons (Fsp3) is 0.375. The van der Waals surface area contributed by atoms with Gasteiger partial charge < -0.3 is 5.32 Å². The van der Waals surface area contributed by atoms with Crippen molar-refractivity contribution in [3.05, 3.63) is 47.5 Å². The van der Waals surface area contributed by atoms with Crippen LogP contribution in [-0.2, 0) is 9.84 Å². The first-order chi connectivity index (χ1) is 9.36. The van der Waals surface area contributed by atoms with Gasteiger partial charge in [-0.2, -0.15) is 0 Å². The van der Waals surface area contributed by atoms with Crippen molar-refractivity contribution in [3.8, 4) is 0 Å². The van der Waals surface area contributed by atoms with E-state index in [2.05, 4.69) is 29.6 Å². The van der Waals surface area contributed by atoms with Crippen molar-refractivity contribution in [2.24, 2.45) is 0 Å². The highest BCUT2D eigenvalue weighted by Gasteiger charge is 2.28. The van der Waals surface area contributed by atoms with Gasteiger partial charge in [0.25, 0.3) is 0 Å². The summed E-state index contributed by atoms with van der Waals surface area (Å²) in [7, 11) is -1.30. The molecule has 2 atom stereocenters. The maximum absolute atomic E-state index is 11.9. The quantitative estimate of drug-likeness (QED) is 0.942. The molecule has 4 heteroatoms. The minimum Gasteiger partial charge on any atom is -0.312 e. The van der Waals surface area contributed by atoms with E-state index in [0.29, 0.717) is 0 Å². The molecule has 2 aromatic rings. The second-order valence-corrected chi connectivity index (χ2v) is 7.72. The number of nitrogens with one attached hydrogen (secondary N) is 1. The number of hydrogen-bond acceptors (Lipinski definition) is 3. The molecule has 0 aliphatic heterocycles. The van der Waals surface area contributed by atoms with Crippen LogP contribution in [0, 0.1) is 6.92 Å². The topological polar surface area (TPSA) is 46.2 Å². The minimum atomic E-state index is -3.11. The minimum absolute atomic E-state index is 0.212. The molecule has 0 radical (unpaired) electrons. The van der Waals surface area contributed by atoms with E-state index in [1.54, 1.807) is 6.92 Å². The van der Waals surface area contributed by atoms with Crippen LogP contribution >= 0.6 is 0 Å². The molecule has 0 saturated heterocycles. The highest BCUT2D eigenvalue weighted by Crippen LogP contribution is 2.31. The molecule has 0 saturated carbocycles. The van der Waals surface area contributed by atoms with Crippen molar-refractivity contribution in [1.29, 1.82) is 0 Å². The molecule has 2 aromatic carbocycles. The molecule has 0 fully saturated rings. The van der Waals surface area contributed by atoms with E-state index in [-0.39, 0.29) is 6.04 Å². The highest BCUT2D eigenvalue weighted by atomic mass is 32.2. The summed E-state index contributed by atoms with van der Waals surface area (Å²) in [6.45, 7) is 3.79. The summed E-state index contributed by atoms with van der Waals surface area (Å²) in [5.41, 5.74) is 2.18. The van der Waals surface area contributed by atoms with Crippen molar-refractivity contribution >= 4 is 20.6 Å². The summed E-state index contributed by atoms with van der Waals surface area (Å²) in [4.78, 5) is 0. The maximum atomic E-state index is 11.9. The molecular formula is C16H21NO2S. The normalized spacial score (nSPS) is 15.2. The Bertz CT molecular complexity index is 722. The Morgan fingerprint density at radius 2 is 1.75 bits per heavy atom. The molecular weight excluding hydrogens is 270 g/mol. The van der Waals surface area contributed by atoms with Crippen molar-refractivity contribution in [1.82, 2.24) is 5.32 Å². The van der Waals surface area contributed by atoms with E-state index >= 15 is 0 Å². The maximum Gasteiger partial charge on any atom is 0.151 e. The molecule has 0 heterocycles. The van der Waals surface area contributed by atoms with Gasteiger partial charge in [-0.15, -0.1) is 0 Å². The van der Waals surface area contributed by atoms with E-state index in [1.165, 1.54) is 6.26 Å². The van der Waals surface area contributed by atoms with Gasteiger partial charge in [-0.25, -0.2) is 8.42 Å². The Labute approximate surface area is 120 Å². The molecule has 108 valence electrons. The number of fused-ring (bicyclic) bond motifs is 1. The third-order valence-corrected chi connectivity index (χ3v) is 5.58.